The van der Waals surface area contributed by atoms with Crippen LogP contribution in [0, 0.1) is 0 Å². The van der Waals surface area contributed by atoms with E-state index in [1.54, 1.807) is 43.3 Å². The summed E-state index contributed by atoms with van der Waals surface area (Å²) in [6.45, 7) is 4.55. The quantitative estimate of drug-likeness (QED) is 0.518. The third kappa shape index (κ3) is 4.87. The van der Waals surface area contributed by atoms with Gasteiger partial charge in [0.15, 0.2) is 6.10 Å². The molecule has 0 aliphatic carbocycles. The molecule has 9 nitrogen and oxygen atoms in total. The number of carbonyl (C=O) groups is 2. The number of amides is 2. The van der Waals surface area contributed by atoms with Crippen molar-refractivity contribution >= 4 is 39.0 Å². The second-order valence-electron chi connectivity index (χ2n) is 9.14. The average Bonchev–Trinajstić information content (AvgIpc) is 2.93. The van der Waals surface area contributed by atoms with Crippen molar-refractivity contribution in [2.75, 3.05) is 22.9 Å². The maximum Gasteiger partial charge on any atom is 0.286 e. The lowest BCUT2D eigenvalue weighted by molar-refractivity contribution is -0.128. The summed E-state index contributed by atoms with van der Waals surface area (Å²) >= 11 is 0. The number of ether oxygens (including phenoxy) is 1. The number of sulfonamides is 1. The lowest BCUT2D eigenvalue weighted by atomic mass is 10.1. The van der Waals surface area contributed by atoms with Crippen molar-refractivity contribution in [3.63, 3.8) is 0 Å². The number of anilines is 2. The Morgan fingerprint density at radius 1 is 1.03 bits per heavy atom. The van der Waals surface area contributed by atoms with E-state index in [1.165, 1.54) is 11.0 Å². The molecular weight excluding hydrogens is 504 g/mol. The molecule has 2 amide bonds. The molecular formula is C28H28N4O5S. The minimum absolute atomic E-state index is 0.0129. The van der Waals surface area contributed by atoms with E-state index in [0.29, 0.717) is 36.0 Å². The molecule has 3 aromatic rings. The van der Waals surface area contributed by atoms with Crippen molar-refractivity contribution < 1.29 is 22.7 Å². The zero-order valence-corrected chi connectivity index (χ0v) is 21.9. The number of carbonyl (C=O) groups excluding carboxylic acids is 2. The number of benzene rings is 3. The predicted molar refractivity (Wildman–Crippen MR) is 145 cm³/mol. The summed E-state index contributed by atoms with van der Waals surface area (Å²) in [4.78, 5) is 30.1. The maximum atomic E-state index is 13.8. The Bertz CT molecular complexity index is 1520. The summed E-state index contributed by atoms with van der Waals surface area (Å²) in [6, 6.07) is 21.1. The van der Waals surface area contributed by atoms with Crippen LogP contribution in [0.25, 0.3) is 0 Å². The molecule has 0 saturated heterocycles. The zero-order valence-electron chi connectivity index (χ0n) is 21.1. The molecule has 5 rings (SSSR count). The third-order valence-corrected chi connectivity index (χ3v) is 7.87. The van der Waals surface area contributed by atoms with E-state index in [4.69, 9.17) is 4.74 Å². The fourth-order valence-electron chi connectivity index (χ4n) is 4.65. The van der Waals surface area contributed by atoms with E-state index in [-0.39, 0.29) is 22.9 Å². The molecule has 196 valence electrons. The van der Waals surface area contributed by atoms with Crippen LogP contribution in [0.1, 0.15) is 36.2 Å². The molecule has 0 aromatic heterocycles. The molecule has 0 saturated carbocycles. The van der Waals surface area contributed by atoms with E-state index in [0.717, 1.165) is 12.0 Å². The number of amidine groups is 1. The molecule has 3 aromatic carbocycles. The van der Waals surface area contributed by atoms with Crippen LogP contribution in [0.4, 0.5) is 11.4 Å². The van der Waals surface area contributed by atoms with Gasteiger partial charge < -0.3 is 19.9 Å². The molecule has 0 spiro atoms. The number of rotatable bonds is 6. The lowest BCUT2D eigenvalue weighted by Gasteiger charge is -2.34. The van der Waals surface area contributed by atoms with Crippen molar-refractivity contribution in [1.29, 1.82) is 0 Å². The Balaban J connectivity index is 1.44. The van der Waals surface area contributed by atoms with Crippen molar-refractivity contribution in [1.82, 2.24) is 5.32 Å². The minimum Gasteiger partial charge on any atom is -0.477 e. The van der Waals surface area contributed by atoms with Gasteiger partial charge in [0.25, 0.3) is 21.8 Å². The fraction of sp³-hybridized carbons (Fsp3) is 0.250. The lowest BCUT2D eigenvalue weighted by Crippen LogP contribution is -2.50. The Kier molecular flexibility index (Phi) is 6.90. The number of hydrogen-bond acceptors (Lipinski definition) is 6. The van der Waals surface area contributed by atoms with Gasteiger partial charge in [-0.25, -0.2) is 0 Å². The Morgan fingerprint density at radius 2 is 1.76 bits per heavy atom. The average molecular weight is 533 g/mol. The highest BCUT2D eigenvalue weighted by molar-refractivity contribution is 7.90. The first kappa shape index (κ1) is 25.5. The van der Waals surface area contributed by atoms with Crippen LogP contribution in [-0.2, 0) is 21.4 Å². The van der Waals surface area contributed by atoms with Gasteiger partial charge in [0.2, 0.25) is 0 Å². The minimum atomic E-state index is -3.96. The molecule has 38 heavy (non-hydrogen) atoms. The maximum absolute atomic E-state index is 13.8. The van der Waals surface area contributed by atoms with Crippen LogP contribution < -0.4 is 19.9 Å². The van der Waals surface area contributed by atoms with Gasteiger partial charge in [0.1, 0.15) is 16.5 Å². The van der Waals surface area contributed by atoms with Crippen LogP contribution in [0.2, 0.25) is 0 Å². The largest absolute Gasteiger partial charge is 0.477 e. The van der Waals surface area contributed by atoms with E-state index < -0.39 is 22.0 Å². The normalized spacial score (nSPS) is 17.5. The van der Waals surface area contributed by atoms with Crippen LogP contribution in [-0.4, -0.2) is 45.3 Å². The predicted octanol–water partition coefficient (Wildman–Crippen LogP) is 3.75. The molecule has 0 radical (unpaired) electrons. The second kappa shape index (κ2) is 10.3. The summed E-state index contributed by atoms with van der Waals surface area (Å²) in [5.41, 5.74) is 2.12. The zero-order chi connectivity index (χ0) is 26.9. The van der Waals surface area contributed by atoms with Gasteiger partial charge in [-0.2, -0.15) is 8.42 Å². The Morgan fingerprint density at radius 3 is 2.53 bits per heavy atom. The number of nitrogens with zero attached hydrogens (tertiary/aromatic N) is 3. The SMILES string of the molecule is CCCN1C(C)=NS(=O)(=O)c2cc(C(=O)N3C[C@H](C(=O)NCc4ccccc4)Oc4ccccc43)ccc21. The third-order valence-electron chi connectivity index (χ3n) is 6.49. The Hall–Kier alpha value is -4.18. The van der Waals surface area contributed by atoms with E-state index in [9.17, 15) is 18.0 Å². The van der Waals surface area contributed by atoms with E-state index in [2.05, 4.69) is 9.71 Å². The standard InChI is InChI=1S/C28H28N4O5S/c1-3-15-31-19(2)30-38(35,36)26-16-21(13-14-23(26)31)28(34)32-18-25(37-24-12-8-7-11-22(24)32)27(33)29-17-20-9-5-4-6-10-20/h4-14,16,25H,3,15,17-18H2,1-2H3,(H,29,33)/t25-/m1/s1. The fourth-order valence-corrected chi connectivity index (χ4v) is 5.91. The molecule has 0 fully saturated rings. The number of fused-ring (bicyclic) bond motifs is 2. The summed E-state index contributed by atoms with van der Waals surface area (Å²) in [6.07, 6.45) is -0.142. The highest BCUT2D eigenvalue weighted by Crippen LogP contribution is 2.36. The summed E-state index contributed by atoms with van der Waals surface area (Å²) in [7, 11) is -3.96. The number of hydrogen-bond donors (Lipinski definition) is 1. The molecule has 1 N–H and O–H groups in total. The van der Waals surface area contributed by atoms with Gasteiger partial charge in [-0.05, 0) is 49.2 Å². The van der Waals surface area contributed by atoms with Crippen LogP contribution in [0.5, 0.6) is 5.75 Å². The summed E-state index contributed by atoms with van der Waals surface area (Å²) < 4.78 is 35.7. The van der Waals surface area contributed by atoms with Crippen molar-refractivity contribution in [3.05, 3.63) is 83.9 Å². The van der Waals surface area contributed by atoms with Gasteiger partial charge in [0, 0.05) is 18.7 Å². The van der Waals surface area contributed by atoms with Gasteiger partial charge in [-0.1, -0.05) is 49.4 Å². The van der Waals surface area contributed by atoms with Gasteiger partial charge in [-0.15, -0.1) is 4.40 Å². The van der Waals surface area contributed by atoms with Crippen LogP contribution in [0.15, 0.2) is 82.1 Å². The summed E-state index contributed by atoms with van der Waals surface area (Å²) in [5, 5.41) is 2.87. The smallest absolute Gasteiger partial charge is 0.286 e. The molecule has 2 aliphatic rings. The topological polar surface area (TPSA) is 108 Å². The summed E-state index contributed by atoms with van der Waals surface area (Å²) in [5.74, 6) is -0.00102. The van der Waals surface area contributed by atoms with Crippen LogP contribution in [0.3, 0.4) is 0 Å². The van der Waals surface area contributed by atoms with Crippen molar-refractivity contribution in [2.24, 2.45) is 4.40 Å². The molecule has 1 atom stereocenters. The highest BCUT2D eigenvalue weighted by atomic mass is 32.2. The number of para-hydroxylation sites is 2. The molecule has 2 aliphatic heterocycles. The monoisotopic (exact) mass is 532 g/mol. The van der Waals surface area contributed by atoms with Gasteiger partial charge in [-0.3, -0.25) is 9.59 Å². The van der Waals surface area contributed by atoms with E-state index in [1.807, 2.05) is 42.2 Å². The molecule has 10 heteroatoms. The van der Waals surface area contributed by atoms with Crippen molar-refractivity contribution in [3.8, 4) is 5.75 Å². The second-order valence-corrected chi connectivity index (χ2v) is 10.7. The van der Waals surface area contributed by atoms with Gasteiger partial charge >= 0.3 is 0 Å². The van der Waals surface area contributed by atoms with Gasteiger partial charge in [0.05, 0.1) is 17.9 Å². The van der Waals surface area contributed by atoms with Crippen molar-refractivity contribution in [2.45, 2.75) is 37.8 Å². The Labute approximate surface area is 221 Å². The highest BCUT2D eigenvalue weighted by Gasteiger charge is 2.35. The first-order valence-electron chi connectivity index (χ1n) is 12.4. The first-order chi connectivity index (χ1) is 18.3. The molecule has 0 unspecified atom stereocenters. The van der Waals surface area contributed by atoms with Crippen LogP contribution >= 0.6 is 0 Å². The van der Waals surface area contributed by atoms with E-state index >= 15 is 0 Å². The molecule has 2 heterocycles. The molecule has 0 bridgehead atoms. The number of nitrogens with one attached hydrogen (secondary N) is 1. The first-order valence-corrected chi connectivity index (χ1v) is 13.8.